The number of fused-ring (bicyclic) bond motifs is 1. The van der Waals surface area contributed by atoms with Gasteiger partial charge in [0.1, 0.15) is 0 Å². The molecular weight excluding hydrogens is 216 g/mol. The first-order valence-electron chi connectivity index (χ1n) is 6.95. The second-order valence-electron chi connectivity index (χ2n) is 5.89. The van der Waals surface area contributed by atoms with Gasteiger partial charge >= 0.3 is 0 Å². The van der Waals surface area contributed by atoms with Crippen molar-refractivity contribution in [2.24, 2.45) is 17.8 Å². The maximum absolute atomic E-state index is 12.1. The summed E-state index contributed by atoms with van der Waals surface area (Å²) in [6.45, 7) is 1.42. The van der Waals surface area contributed by atoms with Gasteiger partial charge in [-0.1, -0.05) is 6.42 Å². The van der Waals surface area contributed by atoms with Crippen molar-refractivity contribution in [1.82, 2.24) is 10.6 Å². The van der Waals surface area contributed by atoms with Gasteiger partial charge in [0.25, 0.3) is 0 Å². The zero-order valence-corrected chi connectivity index (χ0v) is 10.2. The molecule has 0 aromatic rings. The van der Waals surface area contributed by atoms with Crippen LogP contribution < -0.4 is 10.6 Å². The predicted octanol–water partition coefficient (Wildman–Crippen LogP) is 0.262. The Labute approximate surface area is 102 Å². The first-order chi connectivity index (χ1) is 8.25. The molecule has 4 atom stereocenters. The Morgan fingerprint density at radius 1 is 1.35 bits per heavy atom. The van der Waals surface area contributed by atoms with Gasteiger partial charge in [-0.2, -0.15) is 0 Å². The number of aliphatic hydroxyl groups is 1. The lowest BCUT2D eigenvalue weighted by Crippen LogP contribution is -2.46. The fourth-order valence-electron chi connectivity index (χ4n) is 3.44. The summed E-state index contributed by atoms with van der Waals surface area (Å²) in [5, 5.41) is 16.0. The molecule has 4 heteroatoms. The number of aliphatic hydroxyl groups excluding tert-OH is 1. The molecule has 0 spiro atoms. The highest BCUT2D eigenvalue weighted by Crippen LogP contribution is 2.37. The van der Waals surface area contributed by atoms with E-state index in [9.17, 15) is 9.90 Å². The Balaban J connectivity index is 1.48. The Hall–Kier alpha value is -0.610. The highest BCUT2D eigenvalue weighted by atomic mass is 16.3. The fourth-order valence-corrected chi connectivity index (χ4v) is 3.44. The number of nitrogens with one attached hydrogen (secondary N) is 2. The summed E-state index contributed by atoms with van der Waals surface area (Å²) >= 11 is 0. The van der Waals surface area contributed by atoms with Crippen molar-refractivity contribution in [1.29, 1.82) is 0 Å². The van der Waals surface area contributed by atoms with Crippen LogP contribution in [0.25, 0.3) is 0 Å². The quantitative estimate of drug-likeness (QED) is 0.658. The Morgan fingerprint density at radius 3 is 2.94 bits per heavy atom. The SMILES string of the molecule is O=C(NCC(O)C1CC1)C1NCC2CCCC21. The zero-order valence-electron chi connectivity index (χ0n) is 10.2. The molecule has 96 valence electrons. The molecule has 1 aliphatic heterocycles. The lowest BCUT2D eigenvalue weighted by Gasteiger charge is -2.19. The second-order valence-corrected chi connectivity index (χ2v) is 5.89. The summed E-state index contributed by atoms with van der Waals surface area (Å²) in [6, 6.07) is -0.00565. The van der Waals surface area contributed by atoms with E-state index in [1.807, 2.05) is 0 Å². The van der Waals surface area contributed by atoms with Crippen LogP contribution in [0.2, 0.25) is 0 Å². The van der Waals surface area contributed by atoms with Gasteiger partial charge in [-0.3, -0.25) is 4.79 Å². The van der Waals surface area contributed by atoms with Gasteiger partial charge in [0.2, 0.25) is 5.91 Å². The number of carbonyl (C=O) groups is 1. The standard InChI is InChI=1S/C13H22N2O2/c16-11(8-4-5-8)7-15-13(17)12-10-3-1-2-9(10)6-14-12/h8-12,14,16H,1-7H2,(H,15,17). The van der Waals surface area contributed by atoms with Crippen LogP contribution in [0, 0.1) is 17.8 Å². The van der Waals surface area contributed by atoms with Crippen molar-refractivity contribution in [3.05, 3.63) is 0 Å². The minimum Gasteiger partial charge on any atom is -0.391 e. The second kappa shape index (κ2) is 4.58. The van der Waals surface area contributed by atoms with Crippen molar-refractivity contribution >= 4 is 5.91 Å². The molecule has 1 saturated heterocycles. The lowest BCUT2D eigenvalue weighted by atomic mass is 9.93. The van der Waals surface area contributed by atoms with E-state index >= 15 is 0 Å². The predicted molar refractivity (Wildman–Crippen MR) is 64.4 cm³/mol. The van der Waals surface area contributed by atoms with Gasteiger partial charge < -0.3 is 15.7 Å². The van der Waals surface area contributed by atoms with E-state index < -0.39 is 0 Å². The zero-order chi connectivity index (χ0) is 11.8. The number of amides is 1. The molecule has 3 fully saturated rings. The minimum atomic E-state index is -0.334. The van der Waals surface area contributed by atoms with E-state index in [1.165, 1.54) is 19.3 Å². The largest absolute Gasteiger partial charge is 0.391 e. The van der Waals surface area contributed by atoms with Crippen LogP contribution in [-0.2, 0) is 4.79 Å². The van der Waals surface area contributed by atoms with Gasteiger partial charge in [-0.25, -0.2) is 0 Å². The normalized spacial score (nSPS) is 37.8. The molecule has 3 aliphatic rings. The van der Waals surface area contributed by atoms with Crippen LogP contribution in [0.3, 0.4) is 0 Å². The van der Waals surface area contributed by atoms with Gasteiger partial charge in [-0.05, 0) is 50.0 Å². The molecule has 4 nitrogen and oxygen atoms in total. The van der Waals surface area contributed by atoms with Crippen molar-refractivity contribution in [2.75, 3.05) is 13.1 Å². The lowest BCUT2D eigenvalue weighted by molar-refractivity contribution is -0.124. The summed E-state index contributed by atoms with van der Waals surface area (Å²) in [7, 11) is 0. The molecule has 1 heterocycles. The van der Waals surface area contributed by atoms with Crippen LogP contribution in [0.4, 0.5) is 0 Å². The molecule has 0 aromatic heterocycles. The number of hydrogen-bond donors (Lipinski definition) is 3. The van der Waals surface area contributed by atoms with E-state index in [-0.39, 0.29) is 18.1 Å². The third kappa shape index (κ3) is 2.33. The van der Waals surface area contributed by atoms with Crippen molar-refractivity contribution in [3.8, 4) is 0 Å². The van der Waals surface area contributed by atoms with E-state index in [0.29, 0.717) is 24.3 Å². The van der Waals surface area contributed by atoms with E-state index in [0.717, 1.165) is 19.4 Å². The average molecular weight is 238 g/mol. The molecule has 4 unspecified atom stereocenters. The molecular formula is C13H22N2O2. The summed E-state index contributed by atoms with van der Waals surface area (Å²) in [6.07, 6.45) is 5.62. The molecule has 0 radical (unpaired) electrons. The highest BCUT2D eigenvalue weighted by molar-refractivity contribution is 5.82. The molecule has 0 aromatic carbocycles. The van der Waals surface area contributed by atoms with E-state index in [1.54, 1.807) is 0 Å². The maximum atomic E-state index is 12.1. The number of carbonyl (C=O) groups excluding carboxylic acids is 1. The summed E-state index contributed by atoms with van der Waals surface area (Å²) in [5.41, 5.74) is 0. The third-order valence-corrected chi connectivity index (χ3v) is 4.68. The fraction of sp³-hybridized carbons (Fsp3) is 0.923. The Morgan fingerprint density at radius 2 is 2.18 bits per heavy atom. The van der Waals surface area contributed by atoms with Gasteiger partial charge in [0.05, 0.1) is 12.1 Å². The first kappa shape index (κ1) is 11.5. The first-order valence-corrected chi connectivity index (χ1v) is 6.95. The van der Waals surface area contributed by atoms with Crippen molar-refractivity contribution in [3.63, 3.8) is 0 Å². The van der Waals surface area contributed by atoms with Crippen LogP contribution in [0.5, 0.6) is 0 Å². The molecule has 17 heavy (non-hydrogen) atoms. The van der Waals surface area contributed by atoms with Crippen molar-refractivity contribution in [2.45, 2.75) is 44.2 Å². The minimum absolute atomic E-state index is 0.00565. The topological polar surface area (TPSA) is 61.4 Å². The van der Waals surface area contributed by atoms with Gasteiger partial charge in [0.15, 0.2) is 0 Å². The third-order valence-electron chi connectivity index (χ3n) is 4.68. The molecule has 2 saturated carbocycles. The molecule has 0 bridgehead atoms. The van der Waals surface area contributed by atoms with Gasteiger partial charge in [0, 0.05) is 6.54 Å². The smallest absolute Gasteiger partial charge is 0.237 e. The highest BCUT2D eigenvalue weighted by Gasteiger charge is 2.42. The Kier molecular flexibility index (Phi) is 3.09. The monoisotopic (exact) mass is 238 g/mol. The van der Waals surface area contributed by atoms with Crippen LogP contribution >= 0.6 is 0 Å². The molecule has 1 amide bonds. The summed E-state index contributed by atoms with van der Waals surface area (Å²) in [5.74, 6) is 1.78. The van der Waals surface area contributed by atoms with E-state index in [2.05, 4.69) is 10.6 Å². The molecule has 3 N–H and O–H groups in total. The summed E-state index contributed by atoms with van der Waals surface area (Å²) < 4.78 is 0. The Bertz CT molecular complexity index is 304. The molecule has 3 rings (SSSR count). The summed E-state index contributed by atoms with van der Waals surface area (Å²) in [4.78, 5) is 12.1. The molecule has 2 aliphatic carbocycles. The maximum Gasteiger partial charge on any atom is 0.237 e. The van der Waals surface area contributed by atoms with Crippen LogP contribution in [-0.4, -0.2) is 36.2 Å². The van der Waals surface area contributed by atoms with Crippen LogP contribution in [0.15, 0.2) is 0 Å². The average Bonchev–Trinajstić information content (AvgIpc) is 2.93. The van der Waals surface area contributed by atoms with E-state index in [4.69, 9.17) is 0 Å². The van der Waals surface area contributed by atoms with Gasteiger partial charge in [-0.15, -0.1) is 0 Å². The number of rotatable bonds is 4. The van der Waals surface area contributed by atoms with Crippen molar-refractivity contribution < 1.29 is 9.90 Å². The number of hydrogen-bond acceptors (Lipinski definition) is 3. The van der Waals surface area contributed by atoms with Crippen LogP contribution in [0.1, 0.15) is 32.1 Å².